The standard InChI is InChI=1S/C21H27N3O5S2/c1-4-23(5-2)31(28,29)19-10-6-9-18(15-19)22-21(25)17-11-12-20-16(14-17)8-7-13-24(20)30(3,26)27/h6,9-12,14-15H,4-5,7-8,13H2,1-3H3,(H,22,25). The highest BCUT2D eigenvalue weighted by atomic mass is 32.2. The average molecular weight is 466 g/mol. The van der Waals surface area contributed by atoms with E-state index in [0.717, 1.165) is 5.56 Å². The summed E-state index contributed by atoms with van der Waals surface area (Å²) in [4.78, 5) is 12.9. The maximum absolute atomic E-state index is 12.8. The number of carbonyl (C=O) groups excluding carboxylic acids is 1. The molecule has 0 saturated heterocycles. The highest BCUT2D eigenvalue weighted by Gasteiger charge is 2.25. The molecule has 1 heterocycles. The number of anilines is 2. The zero-order chi connectivity index (χ0) is 22.8. The van der Waals surface area contributed by atoms with Crippen LogP contribution in [-0.2, 0) is 26.5 Å². The van der Waals surface area contributed by atoms with Crippen molar-refractivity contribution in [2.24, 2.45) is 0 Å². The monoisotopic (exact) mass is 465 g/mol. The van der Waals surface area contributed by atoms with E-state index in [1.807, 2.05) is 0 Å². The number of amides is 1. The van der Waals surface area contributed by atoms with Crippen molar-refractivity contribution in [3.63, 3.8) is 0 Å². The summed E-state index contributed by atoms with van der Waals surface area (Å²) in [6.07, 6.45) is 2.53. The van der Waals surface area contributed by atoms with Crippen molar-refractivity contribution in [2.45, 2.75) is 31.6 Å². The van der Waals surface area contributed by atoms with E-state index < -0.39 is 26.0 Å². The second kappa shape index (κ2) is 8.97. The average Bonchev–Trinajstić information content (AvgIpc) is 2.73. The van der Waals surface area contributed by atoms with Crippen LogP contribution in [0.3, 0.4) is 0 Å². The van der Waals surface area contributed by atoms with E-state index in [0.29, 0.717) is 49.4 Å². The van der Waals surface area contributed by atoms with Crippen LogP contribution in [0.25, 0.3) is 0 Å². The predicted molar refractivity (Wildman–Crippen MR) is 121 cm³/mol. The van der Waals surface area contributed by atoms with Crippen LogP contribution in [0.5, 0.6) is 0 Å². The van der Waals surface area contributed by atoms with Crippen molar-refractivity contribution in [2.75, 3.05) is 35.5 Å². The fraction of sp³-hybridized carbons (Fsp3) is 0.381. The summed E-state index contributed by atoms with van der Waals surface area (Å²) in [5.74, 6) is -0.392. The Labute approximate surface area is 184 Å². The molecule has 1 amide bonds. The van der Waals surface area contributed by atoms with Gasteiger partial charge in [-0.1, -0.05) is 19.9 Å². The molecule has 2 aromatic rings. The highest BCUT2D eigenvalue weighted by Crippen LogP contribution is 2.30. The highest BCUT2D eigenvalue weighted by molar-refractivity contribution is 7.92. The van der Waals surface area contributed by atoms with Gasteiger partial charge in [0.15, 0.2) is 0 Å². The van der Waals surface area contributed by atoms with Gasteiger partial charge in [0.2, 0.25) is 20.0 Å². The third kappa shape index (κ3) is 4.91. The lowest BCUT2D eigenvalue weighted by atomic mass is 10.0. The van der Waals surface area contributed by atoms with Gasteiger partial charge in [0, 0.05) is 30.9 Å². The summed E-state index contributed by atoms with van der Waals surface area (Å²) >= 11 is 0. The first-order valence-corrected chi connectivity index (χ1v) is 13.4. The molecule has 1 N–H and O–H groups in total. The van der Waals surface area contributed by atoms with Gasteiger partial charge in [0.1, 0.15) is 0 Å². The van der Waals surface area contributed by atoms with Crippen LogP contribution in [0, 0.1) is 0 Å². The van der Waals surface area contributed by atoms with E-state index in [-0.39, 0.29) is 4.90 Å². The van der Waals surface area contributed by atoms with Gasteiger partial charge in [0.05, 0.1) is 16.8 Å². The number of carbonyl (C=O) groups is 1. The van der Waals surface area contributed by atoms with E-state index >= 15 is 0 Å². The van der Waals surface area contributed by atoms with Gasteiger partial charge in [-0.3, -0.25) is 9.10 Å². The van der Waals surface area contributed by atoms with Crippen molar-refractivity contribution in [3.05, 3.63) is 53.6 Å². The largest absolute Gasteiger partial charge is 0.322 e. The summed E-state index contributed by atoms with van der Waals surface area (Å²) in [5.41, 5.74) is 2.14. The molecule has 3 rings (SSSR count). The predicted octanol–water partition coefficient (Wildman–Crippen LogP) is 2.68. The van der Waals surface area contributed by atoms with Crippen LogP contribution in [-0.4, -0.2) is 52.9 Å². The smallest absolute Gasteiger partial charge is 0.255 e. The third-order valence-electron chi connectivity index (χ3n) is 5.25. The molecule has 0 unspecified atom stereocenters. The molecule has 2 aromatic carbocycles. The van der Waals surface area contributed by atoms with E-state index in [2.05, 4.69) is 5.32 Å². The van der Waals surface area contributed by atoms with Crippen LogP contribution in [0.1, 0.15) is 36.2 Å². The molecule has 0 aromatic heterocycles. The lowest BCUT2D eigenvalue weighted by molar-refractivity contribution is 0.102. The zero-order valence-corrected chi connectivity index (χ0v) is 19.5. The lowest BCUT2D eigenvalue weighted by Crippen LogP contribution is -2.34. The number of rotatable bonds is 7. The zero-order valence-electron chi connectivity index (χ0n) is 17.8. The first kappa shape index (κ1) is 23.2. The minimum atomic E-state index is -3.64. The number of hydrogen-bond donors (Lipinski definition) is 1. The molecule has 0 spiro atoms. The molecule has 1 aliphatic rings. The number of fused-ring (bicyclic) bond motifs is 1. The topological polar surface area (TPSA) is 104 Å². The van der Waals surface area contributed by atoms with E-state index in [1.54, 1.807) is 44.2 Å². The van der Waals surface area contributed by atoms with E-state index in [4.69, 9.17) is 0 Å². The van der Waals surface area contributed by atoms with Crippen LogP contribution in [0.2, 0.25) is 0 Å². The van der Waals surface area contributed by atoms with Crippen LogP contribution in [0.15, 0.2) is 47.4 Å². The molecule has 1 aliphatic heterocycles. The summed E-state index contributed by atoms with van der Waals surface area (Å²) in [6.45, 7) is 4.68. The molecule has 10 heteroatoms. The van der Waals surface area contributed by atoms with Crippen molar-refractivity contribution < 1.29 is 21.6 Å². The SMILES string of the molecule is CCN(CC)S(=O)(=O)c1cccc(NC(=O)c2ccc3c(c2)CCCN3S(C)(=O)=O)c1. The van der Waals surface area contributed by atoms with Crippen molar-refractivity contribution in [3.8, 4) is 0 Å². The lowest BCUT2D eigenvalue weighted by Gasteiger charge is -2.29. The molecule has 0 saturated carbocycles. The Kier molecular flexibility index (Phi) is 6.73. The first-order valence-electron chi connectivity index (χ1n) is 10.1. The molecular formula is C21H27N3O5S2. The third-order valence-corrected chi connectivity index (χ3v) is 8.48. The number of hydrogen-bond acceptors (Lipinski definition) is 5. The number of nitrogens with one attached hydrogen (secondary N) is 1. The van der Waals surface area contributed by atoms with Gasteiger partial charge in [-0.05, 0) is 54.8 Å². The second-order valence-corrected chi connectivity index (χ2v) is 11.2. The fourth-order valence-corrected chi connectivity index (χ4v) is 6.20. The van der Waals surface area contributed by atoms with E-state index in [1.165, 1.54) is 27.0 Å². The Bertz CT molecular complexity index is 1190. The van der Waals surface area contributed by atoms with Gasteiger partial charge in [-0.2, -0.15) is 4.31 Å². The normalized spacial score (nSPS) is 14.4. The maximum Gasteiger partial charge on any atom is 0.255 e. The minimum Gasteiger partial charge on any atom is -0.322 e. The summed E-state index contributed by atoms with van der Waals surface area (Å²) in [5, 5.41) is 2.74. The van der Waals surface area contributed by atoms with Gasteiger partial charge in [-0.15, -0.1) is 0 Å². The fourth-order valence-electron chi connectivity index (χ4n) is 3.70. The maximum atomic E-state index is 12.8. The number of benzene rings is 2. The van der Waals surface area contributed by atoms with E-state index in [9.17, 15) is 21.6 Å². The Balaban J connectivity index is 1.85. The summed E-state index contributed by atoms with van der Waals surface area (Å²) in [7, 11) is -7.02. The van der Waals surface area contributed by atoms with Crippen molar-refractivity contribution >= 4 is 37.3 Å². The molecular weight excluding hydrogens is 438 g/mol. The molecule has 31 heavy (non-hydrogen) atoms. The molecule has 168 valence electrons. The molecule has 8 nitrogen and oxygen atoms in total. The summed E-state index contributed by atoms with van der Waals surface area (Å²) < 4.78 is 52.2. The Morgan fingerprint density at radius 2 is 1.77 bits per heavy atom. The van der Waals surface area contributed by atoms with Crippen LogP contribution in [0.4, 0.5) is 11.4 Å². The van der Waals surface area contributed by atoms with Gasteiger partial charge in [0.25, 0.3) is 5.91 Å². The first-order chi connectivity index (χ1) is 14.6. The quantitative estimate of drug-likeness (QED) is 0.677. The number of nitrogens with zero attached hydrogens (tertiary/aromatic N) is 2. The molecule has 0 fully saturated rings. The van der Waals surface area contributed by atoms with Crippen LogP contribution < -0.4 is 9.62 Å². The Morgan fingerprint density at radius 1 is 1.06 bits per heavy atom. The Morgan fingerprint density at radius 3 is 2.42 bits per heavy atom. The molecule has 0 atom stereocenters. The van der Waals surface area contributed by atoms with Crippen molar-refractivity contribution in [1.29, 1.82) is 0 Å². The van der Waals surface area contributed by atoms with Crippen LogP contribution >= 0.6 is 0 Å². The van der Waals surface area contributed by atoms with Gasteiger partial charge in [-0.25, -0.2) is 16.8 Å². The Hall–Kier alpha value is -2.43. The van der Waals surface area contributed by atoms with Gasteiger partial charge >= 0.3 is 0 Å². The minimum absolute atomic E-state index is 0.114. The molecule has 0 aliphatic carbocycles. The number of sulfonamides is 2. The molecule has 0 radical (unpaired) electrons. The second-order valence-electron chi connectivity index (χ2n) is 7.35. The van der Waals surface area contributed by atoms with Gasteiger partial charge < -0.3 is 5.32 Å². The number of aryl methyl sites for hydroxylation is 1. The van der Waals surface area contributed by atoms with Crippen molar-refractivity contribution in [1.82, 2.24) is 4.31 Å². The molecule has 0 bridgehead atoms. The summed E-state index contributed by atoms with van der Waals surface area (Å²) in [6, 6.07) is 11.1.